The van der Waals surface area contributed by atoms with E-state index < -0.39 is 0 Å². The maximum atomic E-state index is 2.71. The molecule has 0 aliphatic rings. The van der Waals surface area contributed by atoms with Gasteiger partial charge in [0.2, 0.25) is 0 Å². The largest absolute Gasteiger partial charge is 0.303 e. The van der Waals surface area contributed by atoms with Gasteiger partial charge >= 0.3 is 0 Å². The highest BCUT2D eigenvalue weighted by molar-refractivity contribution is 4.65. The first-order valence-electron chi connectivity index (χ1n) is 8.22. The SMILES string of the molecule is CCCCCN(CCCCC)CCCC(C)(C)C. The Balaban J connectivity index is 3.80. The molecule has 0 amide bonds. The summed E-state index contributed by atoms with van der Waals surface area (Å²) < 4.78 is 0. The van der Waals surface area contributed by atoms with Gasteiger partial charge in [0, 0.05) is 0 Å². The molecule has 0 saturated heterocycles. The Morgan fingerprint density at radius 3 is 1.50 bits per heavy atom. The Labute approximate surface area is 116 Å². The minimum absolute atomic E-state index is 0.499. The third-order valence-corrected chi connectivity index (χ3v) is 3.56. The highest BCUT2D eigenvalue weighted by Crippen LogP contribution is 2.20. The first-order valence-corrected chi connectivity index (χ1v) is 8.22. The van der Waals surface area contributed by atoms with Gasteiger partial charge < -0.3 is 4.90 Å². The van der Waals surface area contributed by atoms with E-state index >= 15 is 0 Å². The molecule has 0 unspecified atom stereocenters. The van der Waals surface area contributed by atoms with Crippen LogP contribution in [0.15, 0.2) is 0 Å². The summed E-state index contributed by atoms with van der Waals surface area (Å²) in [6.45, 7) is 15.6. The predicted molar refractivity (Wildman–Crippen MR) is 84.2 cm³/mol. The quantitative estimate of drug-likeness (QED) is 0.441. The molecule has 1 heteroatoms. The smallest absolute Gasteiger partial charge is 0.00185 e. The summed E-state index contributed by atoms with van der Waals surface area (Å²) in [4.78, 5) is 2.71. The number of nitrogens with zero attached hydrogens (tertiary/aromatic N) is 1. The second kappa shape index (κ2) is 10.8. The lowest BCUT2D eigenvalue weighted by Gasteiger charge is -2.25. The summed E-state index contributed by atoms with van der Waals surface area (Å²) in [5, 5.41) is 0. The predicted octanol–water partition coefficient (Wildman–Crippen LogP) is 5.50. The highest BCUT2D eigenvalue weighted by atomic mass is 15.1. The van der Waals surface area contributed by atoms with Gasteiger partial charge in [0.15, 0.2) is 0 Å². The fourth-order valence-corrected chi connectivity index (χ4v) is 2.34. The fraction of sp³-hybridized carbons (Fsp3) is 1.00. The molecule has 0 aliphatic carbocycles. The van der Waals surface area contributed by atoms with Gasteiger partial charge in [-0.3, -0.25) is 0 Å². The standard InChI is InChI=1S/C17H37N/c1-6-8-10-14-18(15-11-9-7-2)16-12-13-17(3,4)5/h6-16H2,1-5H3. The second-order valence-corrected chi connectivity index (χ2v) is 6.92. The first-order chi connectivity index (χ1) is 8.49. The van der Waals surface area contributed by atoms with E-state index in [2.05, 4.69) is 39.5 Å². The molecule has 0 saturated carbocycles. The zero-order valence-corrected chi connectivity index (χ0v) is 13.7. The molecule has 18 heavy (non-hydrogen) atoms. The topological polar surface area (TPSA) is 3.24 Å². The van der Waals surface area contributed by atoms with Crippen LogP contribution in [0, 0.1) is 5.41 Å². The minimum atomic E-state index is 0.499. The molecule has 0 aliphatic heterocycles. The van der Waals surface area contributed by atoms with E-state index in [4.69, 9.17) is 0 Å². The van der Waals surface area contributed by atoms with Crippen molar-refractivity contribution in [2.45, 2.75) is 86.0 Å². The summed E-state index contributed by atoms with van der Waals surface area (Å²) in [6.07, 6.45) is 11.0. The molecule has 0 radical (unpaired) electrons. The second-order valence-electron chi connectivity index (χ2n) is 6.92. The zero-order valence-electron chi connectivity index (χ0n) is 13.7. The van der Waals surface area contributed by atoms with Crippen LogP contribution in [0.4, 0.5) is 0 Å². The van der Waals surface area contributed by atoms with Crippen molar-refractivity contribution in [2.24, 2.45) is 5.41 Å². The lowest BCUT2D eigenvalue weighted by Crippen LogP contribution is -2.28. The summed E-state index contributed by atoms with van der Waals surface area (Å²) in [7, 11) is 0. The summed E-state index contributed by atoms with van der Waals surface area (Å²) in [5.41, 5.74) is 0.499. The van der Waals surface area contributed by atoms with Crippen molar-refractivity contribution in [2.75, 3.05) is 19.6 Å². The van der Waals surface area contributed by atoms with Gasteiger partial charge in [0.1, 0.15) is 0 Å². The van der Waals surface area contributed by atoms with Gasteiger partial charge in [0.05, 0.1) is 0 Å². The maximum Gasteiger partial charge on any atom is -0.00185 e. The van der Waals surface area contributed by atoms with E-state index in [1.807, 2.05) is 0 Å². The van der Waals surface area contributed by atoms with Gasteiger partial charge in [0.25, 0.3) is 0 Å². The number of unbranched alkanes of at least 4 members (excludes halogenated alkanes) is 4. The van der Waals surface area contributed by atoms with Crippen LogP contribution in [0.2, 0.25) is 0 Å². The Morgan fingerprint density at radius 1 is 0.667 bits per heavy atom. The van der Waals surface area contributed by atoms with E-state index in [0.717, 1.165) is 0 Å². The van der Waals surface area contributed by atoms with Crippen molar-refractivity contribution in [3.05, 3.63) is 0 Å². The minimum Gasteiger partial charge on any atom is -0.303 e. The number of rotatable bonds is 11. The zero-order chi connectivity index (χ0) is 13.9. The molecular weight excluding hydrogens is 218 g/mol. The molecule has 0 aromatic rings. The van der Waals surface area contributed by atoms with Crippen LogP contribution in [0.25, 0.3) is 0 Å². The first kappa shape index (κ1) is 18.0. The lowest BCUT2D eigenvalue weighted by molar-refractivity contribution is 0.239. The molecule has 0 aromatic heterocycles. The molecule has 0 spiro atoms. The third kappa shape index (κ3) is 12.4. The van der Waals surface area contributed by atoms with Crippen LogP contribution in [0.1, 0.15) is 86.0 Å². The van der Waals surface area contributed by atoms with Gasteiger partial charge in [-0.25, -0.2) is 0 Å². The van der Waals surface area contributed by atoms with Gasteiger partial charge in [-0.1, -0.05) is 60.3 Å². The summed E-state index contributed by atoms with van der Waals surface area (Å²) in [6, 6.07) is 0. The molecule has 0 N–H and O–H groups in total. The van der Waals surface area contributed by atoms with Crippen LogP contribution in [-0.2, 0) is 0 Å². The molecule has 1 nitrogen and oxygen atoms in total. The molecule has 0 bridgehead atoms. The van der Waals surface area contributed by atoms with Gasteiger partial charge in [-0.15, -0.1) is 0 Å². The number of hydrogen-bond donors (Lipinski definition) is 0. The van der Waals surface area contributed by atoms with Gasteiger partial charge in [-0.05, 0) is 50.7 Å². The van der Waals surface area contributed by atoms with E-state index in [1.165, 1.54) is 71.0 Å². The summed E-state index contributed by atoms with van der Waals surface area (Å²) >= 11 is 0. The van der Waals surface area contributed by atoms with E-state index in [1.54, 1.807) is 0 Å². The highest BCUT2D eigenvalue weighted by Gasteiger charge is 2.11. The number of hydrogen-bond acceptors (Lipinski definition) is 1. The van der Waals surface area contributed by atoms with Crippen LogP contribution >= 0.6 is 0 Å². The average molecular weight is 255 g/mol. The van der Waals surface area contributed by atoms with Crippen molar-refractivity contribution < 1.29 is 0 Å². The lowest BCUT2D eigenvalue weighted by atomic mass is 9.90. The Hall–Kier alpha value is -0.0400. The Kier molecular flexibility index (Phi) is 10.8. The molecule has 0 heterocycles. The van der Waals surface area contributed by atoms with Gasteiger partial charge in [-0.2, -0.15) is 0 Å². The van der Waals surface area contributed by atoms with Crippen molar-refractivity contribution in [1.82, 2.24) is 4.90 Å². The van der Waals surface area contributed by atoms with Crippen LogP contribution in [-0.4, -0.2) is 24.5 Å². The van der Waals surface area contributed by atoms with Crippen molar-refractivity contribution in [3.63, 3.8) is 0 Å². The maximum absolute atomic E-state index is 2.71. The summed E-state index contributed by atoms with van der Waals surface area (Å²) in [5.74, 6) is 0. The van der Waals surface area contributed by atoms with Crippen LogP contribution < -0.4 is 0 Å². The average Bonchev–Trinajstić information content (AvgIpc) is 2.27. The van der Waals surface area contributed by atoms with Crippen molar-refractivity contribution in [3.8, 4) is 0 Å². The Morgan fingerprint density at radius 2 is 1.11 bits per heavy atom. The van der Waals surface area contributed by atoms with Crippen molar-refractivity contribution in [1.29, 1.82) is 0 Å². The van der Waals surface area contributed by atoms with E-state index in [0.29, 0.717) is 5.41 Å². The molecule has 110 valence electrons. The van der Waals surface area contributed by atoms with Crippen LogP contribution in [0.5, 0.6) is 0 Å². The fourth-order valence-electron chi connectivity index (χ4n) is 2.34. The van der Waals surface area contributed by atoms with E-state index in [-0.39, 0.29) is 0 Å². The van der Waals surface area contributed by atoms with E-state index in [9.17, 15) is 0 Å². The monoisotopic (exact) mass is 255 g/mol. The third-order valence-electron chi connectivity index (χ3n) is 3.56. The molecule has 0 atom stereocenters. The molecule has 0 rings (SSSR count). The Bertz CT molecular complexity index is 159. The molecule has 0 fully saturated rings. The molecular formula is C17H37N. The molecule has 0 aromatic carbocycles. The van der Waals surface area contributed by atoms with Crippen LogP contribution in [0.3, 0.4) is 0 Å². The van der Waals surface area contributed by atoms with Crippen molar-refractivity contribution >= 4 is 0 Å². The normalized spacial score (nSPS) is 12.3.